The number of aliphatic carboxylic acids is 1. The molecule has 0 atom stereocenters. The van der Waals surface area contributed by atoms with E-state index in [9.17, 15) is 9.59 Å². The van der Waals surface area contributed by atoms with Crippen LogP contribution in [0.25, 0.3) is 0 Å². The van der Waals surface area contributed by atoms with Crippen LogP contribution >= 0.6 is 0 Å². The van der Waals surface area contributed by atoms with Crippen LogP contribution in [-0.2, 0) is 14.3 Å². The van der Waals surface area contributed by atoms with Gasteiger partial charge in [-0.2, -0.15) is 0 Å². The Morgan fingerprint density at radius 1 is 1.58 bits per heavy atom. The van der Waals surface area contributed by atoms with E-state index in [-0.39, 0.29) is 0 Å². The first-order chi connectivity index (χ1) is 5.59. The molecular formula is C8H14O4. The van der Waals surface area contributed by atoms with Crippen molar-refractivity contribution in [1.29, 1.82) is 0 Å². The highest BCUT2D eigenvalue weighted by molar-refractivity contribution is 5.85. The Bertz CT molecular complexity index is 160. The van der Waals surface area contributed by atoms with E-state index >= 15 is 0 Å². The van der Waals surface area contributed by atoms with Crippen LogP contribution in [-0.4, -0.2) is 24.2 Å². The lowest BCUT2D eigenvalue weighted by Crippen LogP contribution is -1.93. The maximum absolute atomic E-state index is 9.86. The Labute approximate surface area is 71.8 Å². The van der Waals surface area contributed by atoms with Gasteiger partial charge >= 0.3 is 5.97 Å². The van der Waals surface area contributed by atoms with Gasteiger partial charge in [-0.1, -0.05) is 6.08 Å². The molecule has 0 bridgehead atoms. The molecule has 4 nitrogen and oxygen atoms in total. The van der Waals surface area contributed by atoms with Gasteiger partial charge in [-0.05, 0) is 20.8 Å². The highest BCUT2D eigenvalue weighted by atomic mass is 16.5. The summed E-state index contributed by atoms with van der Waals surface area (Å²) in [4.78, 5) is 19.0. The lowest BCUT2D eigenvalue weighted by Gasteiger charge is -1.84. The van der Waals surface area contributed by atoms with Crippen LogP contribution in [0.2, 0.25) is 0 Å². The molecule has 0 saturated heterocycles. The average molecular weight is 174 g/mol. The summed E-state index contributed by atoms with van der Waals surface area (Å²) in [6.07, 6.45) is 1.56. The summed E-state index contributed by atoms with van der Waals surface area (Å²) < 4.78 is 4.15. The van der Waals surface area contributed by atoms with Crippen molar-refractivity contribution < 1.29 is 19.4 Å². The zero-order valence-electron chi connectivity index (χ0n) is 7.53. The second-order valence-electron chi connectivity index (χ2n) is 1.83. The lowest BCUT2D eigenvalue weighted by molar-refractivity contribution is -0.132. The van der Waals surface area contributed by atoms with Crippen LogP contribution in [0, 0.1) is 0 Å². The number of carboxylic acids is 1. The monoisotopic (exact) mass is 174 g/mol. The number of hydrogen-bond donors (Lipinski definition) is 1. The molecule has 0 unspecified atom stereocenters. The SMILES string of the molecule is CC=C(C)C(=O)O.CCOC=O. The van der Waals surface area contributed by atoms with Gasteiger partial charge in [0.1, 0.15) is 0 Å². The molecule has 0 aromatic carbocycles. The quantitative estimate of drug-likeness (QED) is 0.516. The third-order valence-electron chi connectivity index (χ3n) is 1.01. The summed E-state index contributed by atoms with van der Waals surface area (Å²) in [5, 5.41) is 8.11. The molecule has 0 saturated carbocycles. The average Bonchev–Trinajstić information content (AvgIpc) is 2.05. The summed E-state index contributed by atoms with van der Waals surface area (Å²) in [6, 6.07) is 0. The second-order valence-corrected chi connectivity index (χ2v) is 1.83. The van der Waals surface area contributed by atoms with Crippen molar-refractivity contribution in [2.45, 2.75) is 20.8 Å². The third kappa shape index (κ3) is 11.5. The summed E-state index contributed by atoms with van der Waals surface area (Å²) >= 11 is 0. The fourth-order valence-electron chi connectivity index (χ4n) is 0.192. The van der Waals surface area contributed by atoms with Crippen LogP contribution in [0.4, 0.5) is 0 Å². The molecule has 0 rings (SSSR count). The molecule has 0 aliphatic heterocycles. The first kappa shape index (κ1) is 13.3. The summed E-state index contributed by atoms with van der Waals surface area (Å²) in [5.41, 5.74) is 0.389. The van der Waals surface area contributed by atoms with Gasteiger partial charge in [0.15, 0.2) is 0 Å². The molecule has 0 radical (unpaired) electrons. The molecule has 0 aromatic rings. The normalized spacial score (nSPS) is 9.42. The van der Waals surface area contributed by atoms with E-state index in [0.29, 0.717) is 18.7 Å². The molecule has 0 aliphatic rings. The zero-order valence-corrected chi connectivity index (χ0v) is 7.53. The first-order valence-electron chi connectivity index (χ1n) is 3.51. The van der Waals surface area contributed by atoms with Crippen molar-refractivity contribution in [2.75, 3.05) is 6.61 Å². The number of allylic oxidation sites excluding steroid dienone is 1. The van der Waals surface area contributed by atoms with Gasteiger partial charge in [-0.15, -0.1) is 0 Å². The fourth-order valence-corrected chi connectivity index (χ4v) is 0.192. The fraction of sp³-hybridized carbons (Fsp3) is 0.500. The largest absolute Gasteiger partial charge is 0.478 e. The van der Waals surface area contributed by atoms with Gasteiger partial charge in [0.25, 0.3) is 6.47 Å². The predicted octanol–water partition coefficient (Wildman–Crippen LogP) is 1.22. The topological polar surface area (TPSA) is 63.6 Å². The molecule has 0 spiro atoms. The maximum Gasteiger partial charge on any atom is 0.330 e. The van der Waals surface area contributed by atoms with E-state index in [1.54, 1.807) is 26.8 Å². The van der Waals surface area contributed by atoms with Crippen molar-refractivity contribution in [3.05, 3.63) is 11.6 Å². The predicted molar refractivity (Wildman–Crippen MR) is 44.8 cm³/mol. The minimum absolute atomic E-state index is 0.389. The molecular weight excluding hydrogens is 160 g/mol. The molecule has 0 amide bonds. The van der Waals surface area contributed by atoms with Crippen molar-refractivity contribution in [2.24, 2.45) is 0 Å². The summed E-state index contributed by atoms with van der Waals surface area (Å²) in [6.45, 7) is 5.92. The highest BCUT2D eigenvalue weighted by Crippen LogP contribution is 1.87. The molecule has 12 heavy (non-hydrogen) atoms. The van der Waals surface area contributed by atoms with Gasteiger partial charge in [-0.25, -0.2) is 4.79 Å². The van der Waals surface area contributed by atoms with Gasteiger partial charge in [0.05, 0.1) is 6.61 Å². The van der Waals surface area contributed by atoms with Crippen LogP contribution in [0.3, 0.4) is 0 Å². The molecule has 0 fully saturated rings. The van der Waals surface area contributed by atoms with Crippen LogP contribution in [0.15, 0.2) is 11.6 Å². The van der Waals surface area contributed by atoms with Crippen molar-refractivity contribution in [3.8, 4) is 0 Å². The number of hydrogen-bond acceptors (Lipinski definition) is 3. The van der Waals surface area contributed by atoms with E-state index in [0.717, 1.165) is 0 Å². The Morgan fingerprint density at radius 2 is 2.08 bits per heavy atom. The smallest absolute Gasteiger partial charge is 0.330 e. The van der Waals surface area contributed by atoms with E-state index in [1.165, 1.54) is 0 Å². The van der Waals surface area contributed by atoms with E-state index in [2.05, 4.69) is 4.74 Å². The first-order valence-corrected chi connectivity index (χ1v) is 3.51. The van der Waals surface area contributed by atoms with Crippen LogP contribution in [0.1, 0.15) is 20.8 Å². The summed E-state index contributed by atoms with van der Waals surface area (Å²) in [5.74, 6) is -0.845. The Morgan fingerprint density at radius 3 is 2.08 bits per heavy atom. The minimum atomic E-state index is -0.845. The third-order valence-corrected chi connectivity index (χ3v) is 1.01. The number of carboxylic acid groups (broad SMARTS) is 1. The standard InChI is InChI=1S/C5H8O2.C3H6O2/c1-3-4(2)5(6)7;1-2-5-3-4/h3H,1-2H3,(H,6,7);3H,2H2,1H3. The van der Waals surface area contributed by atoms with Crippen molar-refractivity contribution in [1.82, 2.24) is 0 Å². The number of carbonyl (C=O) groups excluding carboxylic acids is 1. The van der Waals surface area contributed by atoms with E-state index in [1.807, 2.05) is 0 Å². The molecule has 0 aliphatic carbocycles. The van der Waals surface area contributed by atoms with Crippen molar-refractivity contribution >= 4 is 12.4 Å². The van der Waals surface area contributed by atoms with Crippen LogP contribution in [0.5, 0.6) is 0 Å². The van der Waals surface area contributed by atoms with Gasteiger partial charge in [-0.3, -0.25) is 4.79 Å². The lowest BCUT2D eigenvalue weighted by atomic mass is 10.3. The van der Waals surface area contributed by atoms with E-state index < -0.39 is 5.97 Å². The number of rotatable bonds is 3. The maximum atomic E-state index is 9.86. The second kappa shape index (κ2) is 9.68. The van der Waals surface area contributed by atoms with Gasteiger partial charge in [0, 0.05) is 5.57 Å². The molecule has 1 N–H and O–H groups in total. The van der Waals surface area contributed by atoms with Gasteiger partial charge in [0.2, 0.25) is 0 Å². The molecule has 0 aromatic heterocycles. The Kier molecular flexibility index (Phi) is 10.7. The summed E-state index contributed by atoms with van der Waals surface area (Å²) in [7, 11) is 0. The minimum Gasteiger partial charge on any atom is -0.478 e. The van der Waals surface area contributed by atoms with Gasteiger partial charge < -0.3 is 9.84 Å². The number of carbonyl (C=O) groups is 2. The van der Waals surface area contributed by atoms with Crippen molar-refractivity contribution in [3.63, 3.8) is 0 Å². The Balaban J connectivity index is 0. The Hall–Kier alpha value is -1.32. The molecule has 0 heterocycles. The van der Waals surface area contributed by atoms with E-state index in [4.69, 9.17) is 5.11 Å². The molecule has 4 heteroatoms. The molecule has 70 valence electrons. The van der Waals surface area contributed by atoms with Crippen LogP contribution < -0.4 is 0 Å². The highest BCUT2D eigenvalue weighted by Gasteiger charge is 1.93. The zero-order chi connectivity index (χ0) is 9.98. The number of ether oxygens (including phenoxy) is 1.